The van der Waals surface area contributed by atoms with Gasteiger partial charge in [-0.05, 0) is 0 Å². The fraction of sp³-hybridized carbons (Fsp3) is 0.455. The molecule has 0 saturated heterocycles. The Bertz CT molecular complexity index is 375. The van der Waals surface area contributed by atoms with Crippen molar-refractivity contribution < 1.29 is 27.0 Å². The molecular formula is C11H13F4NO2. The van der Waals surface area contributed by atoms with Gasteiger partial charge in [0.2, 0.25) is 0 Å². The van der Waals surface area contributed by atoms with Gasteiger partial charge >= 0.3 is 0 Å². The van der Waals surface area contributed by atoms with Crippen LogP contribution in [0.5, 0.6) is 0 Å². The average molecular weight is 267 g/mol. The molecule has 7 heteroatoms. The van der Waals surface area contributed by atoms with Crippen LogP contribution in [0.1, 0.15) is 0 Å². The van der Waals surface area contributed by atoms with E-state index in [2.05, 4.69) is 5.32 Å². The first-order chi connectivity index (χ1) is 8.57. The first-order valence-corrected chi connectivity index (χ1v) is 5.21. The molecule has 1 aromatic rings. The predicted molar refractivity (Wildman–Crippen MR) is 57.5 cm³/mol. The van der Waals surface area contributed by atoms with Crippen LogP contribution in [0.15, 0.2) is 6.07 Å². The Hall–Kier alpha value is -1.34. The van der Waals surface area contributed by atoms with E-state index in [4.69, 9.17) is 9.47 Å². The van der Waals surface area contributed by atoms with Crippen molar-refractivity contribution in [3.05, 3.63) is 29.3 Å². The van der Waals surface area contributed by atoms with E-state index in [-0.39, 0.29) is 19.2 Å². The van der Waals surface area contributed by atoms with Gasteiger partial charge in [-0.3, -0.25) is 0 Å². The van der Waals surface area contributed by atoms with Crippen LogP contribution in [0.25, 0.3) is 0 Å². The van der Waals surface area contributed by atoms with E-state index < -0.39 is 29.0 Å². The van der Waals surface area contributed by atoms with Gasteiger partial charge in [0.05, 0.1) is 19.8 Å². The number of ether oxygens (including phenoxy) is 2. The molecule has 0 fully saturated rings. The molecule has 0 aliphatic carbocycles. The highest BCUT2D eigenvalue weighted by molar-refractivity contribution is 5.47. The Morgan fingerprint density at radius 1 is 1.00 bits per heavy atom. The van der Waals surface area contributed by atoms with Crippen LogP contribution in [0, 0.1) is 23.3 Å². The van der Waals surface area contributed by atoms with E-state index in [9.17, 15) is 17.6 Å². The fourth-order valence-corrected chi connectivity index (χ4v) is 1.22. The van der Waals surface area contributed by atoms with Crippen molar-refractivity contribution in [1.82, 2.24) is 0 Å². The highest BCUT2D eigenvalue weighted by atomic mass is 19.2. The molecule has 0 aliphatic rings. The van der Waals surface area contributed by atoms with E-state index in [1.165, 1.54) is 7.11 Å². The first-order valence-electron chi connectivity index (χ1n) is 5.21. The fourth-order valence-electron chi connectivity index (χ4n) is 1.22. The molecule has 1 aromatic carbocycles. The molecule has 0 bridgehead atoms. The standard InChI is InChI=1S/C11H13F4NO2/c1-17-4-5-18-3-2-16-11-9(14)7(12)6-8(13)10(11)15/h6,16H,2-5H2,1H3. The number of hydrogen-bond acceptors (Lipinski definition) is 3. The molecule has 0 aromatic heterocycles. The van der Waals surface area contributed by atoms with E-state index in [1.54, 1.807) is 0 Å². The summed E-state index contributed by atoms with van der Waals surface area (Å²) in [7, 11) is 1.50. The van der Waals surface area contributed by atoms with Crippen LogP contribution in [0.2, 0.25) is 0 Å². The lowest BCUT2D eigenvalue weighted by Crippen LogP contribution is -2.14. The number of hydrogen-bond donors (Lipinski definition) is 1. The molecule has 1 rings (SSSR count). The molecule has 0 spiro atoms. The van der Waals surface area contributed by atoms with Crippen LogP contribution in [0.4, 0.5) is 23.2 Å². The zero-order valence-corrected chi connectivity index (χ0v) is 9.73. The van der Waals surface area contributed by atoms with E-state index in [0.717, 1.165) is 0 Å². The van der Waals surface area contributed by atoms with Gasteiger partial charge in [0.1, 0.15) is 5.69 Å². The van der Waals surface area contributed by atoms with Crippen molar-refractivity contribution in [3.63, 3.8) is 0 Å². The van der Waals surface area contributed by atoms with Crippen LogP contribution in [0.3, 0.4) is 0 Å². The lowest BCUT2D eigenvalue weighted by molar-refractivity contribution is 0.0759. The lowest BCUT2D eigenvalue weighted by Gasteiger charge is -2.10. The molecule has 0 amide bonds. The average Bonchev–Trinajstić information content (AvgIpc) is 2.35. The molecule has 0 atom stereocenters. The Balaban J connectivity index is 2.52. The van der Waals surface area contributed by atoms with Gasteiger partial charge in [0, 0.05) is 19.7 Å². The normalized spacial score (nSPS) is 10.7. The van der Waals surface area contributed by atoms with Crippen molar-refractivity contribution >= 4 is 5.69 Å². The van der Waals surface area contributed by atoms with Crippen molar-refractivity contribution in [2.75, 3.05) is 38.8 Å². The SMILES string of the molecule is COCCOCCNc1c(F)c(F)cc(F)c1F. The third-order valence-corrected chi connectivity index (χ3v) is 2.09. The summed E-state index contributed by atoms with van der Waals surface area (Å²) in [5, 5.41) is 2.24. The zero-order valence-electron chi connectivity index (χ0n) is 9.73. The molecule has 102 valence electrons. The number of anilines is 1. The second-order valence-corrected chi connectivity index (χ2v) is 3.38. The summed E-state index contributed by atoms with van der Waals surface area (Å²) in [4.78, 5) is 0. The van der Waals surface area contributed by atoms with Crippen LogP contribution in [-0.4, -0.2) is 33.5 Å². The maximum atomic E-state index is 13.2. The third kappa shape index (κ3) is 3.85. The Kier molecular flexibility index (Phi) is 5.87. The van der Waals surface area contributed by atoms with Crippen LogP contribution in [-0.2, 0) is 9.47 Å². The molecule has 0 saturated carbocycles. The molecule has 0 heterocycles. The minimum atomic E-state index is -1.45. The second kappa shape index (κ2) is 7.17. The van der Waals surface area contributed by atoms with Gasteiger partial charge in [0.15, 0.2) is 23.3 Å². The smallest absolute Gasteiger partial charge is 0.185 e. The van der Waals surface area contributed by atoms with Crippen LogP contribution < -0.4 is 5.32 Å². The maximum absolute atomic E-state index is 13.2. The van der Waals surface area contributed by atoms with Gasteiger partial charge in [0.25, 0.3) is 0 Å². The van der Waals surface area contributed by atoms with Crippen molar-refractivity contribution in [2.45, 2.75) is 0 Å². The van der Waals surface area contributed by atoms with Gasteiger partial charge in [-0.25, -0.2) is 17.6 Å². The Morgan fingerprint density at radius 3 is 2.17 bits per heavy atom. The Morgan fingerprint density at radius 2 is 1.61 bits per heavy atom. The van der Waals surface area contributed by atoms with Gasteiger partial charge in [-0.2, -0.15) is 0 Å². The summed E-state index contributed by atoms with van der Waals surface area (Å²) in [5.74, 6) is -5.80. The molecule has 0 unspecified atom stereocenters. The highest BCUT2D eigenvalue weighted by Crippen LogP contribution is 2.23. The molecule has 18 heavy (non-hydrogen) atoms. The van der Waals surface area contributed by atoms with Gasteiger partial charge in [-0.1, -0.05) is 0 Å². The number of halogens is 4. The molecule has 0 radical (unpaired) electrons. The topological polar surface area (TPSA) is 30.5 Å². The number of rotatable bonds is 7. The molecule has 1 N–H and O–H groups in total. The Labute approximate surface area is 102 Å². The number of benzene rings is 1. The maximum Gasteiger partial charge on any atom is 0.185 e. The monoisotopic (exact) mass is 267 g/mol. The molecular weight excluding hydrogens is 254 g/mol. The van der Waals surface area contributed by atoms with Crippen molar-refractivity contribution in [2.24, 2.45) is 0 Å². The quantitative estimate of drug-likeness (QED) is 0.467. The van der Waals surface area contributed by atoms with Crippen molar-refractivity contribution in [3.8, 4) is 0 Å². The van der Waals surface area contributed by atoms with E-state index in [1.807, 2.05) is 0 Å². The summed E-state index contributed by atoms with van der Waals surface area (Å²) < 4.78 is 61.7. The number of methoxy groups -OCH3 is 1. The summed E-state index contributed by atoms with van der Waals surface area (Å²) in [6.45, 7) is 0.846. The first kappa shape index (κ1) is 14.7. The summed E-state index contributed by atoms with van der Waals surface area (Å²) in [6.07, 6.45) is 0. The minimum Gasteiger partial charge on any atom is -0.382 e. The zero-order chi connectivity index (χ0) is 13.5. The third-order valence-electron chi connectivity index (χ3n) is 2.09. The van der Waals surface area contributed by atoms with Gasteiger partial charge in [-0.15, -0.1) is 0 Å². The van der Waals surface area contributed by atoms with Crippen molar-refractivity contribution in [1.29, 1.82) is 0 Å². The number of nitrogens with one attached hydrogen (secondary N) is 1. The summed E-state index contributed by atoms with van der Waals surface area (Å²) >= 11 is 0. The molecule has 0 aliphatic heterocycles. The van der Waals surface area contributed by atoms with Gasteiger partial charge < -0.3 is 14.8 Å². The second-order valence-electron chi connectivity index (χ2n) is 3.38. The summed E-state index contributed by atoms with van der Waals surface area (Å²) in [5.41, 5.74) is -0.831. The van der Waals surface area contributed by atoms with E-state index >= 15 is 0 Å². The lowest BCUT2D eigenvalue weighted by atomic mass is 10.2. The molecule has 3 nitrogen and oxygen atoms in total. The van der Waals surface area contributed by atoms with Crippen LogP contribution >= 0.6 is 0 Å². The summed E-state index contributed by atoms with van der Waals surface area (Å²) in [6, 6.07) is 0.158. The van der Waals surface area contributed by atoms with E-state index in [0.29, 0.717) is 13.2 Å². The largest absolute Gasteiger partial charge is 0.382 e. The minimum absolute atomic E-state index is 0.0143. The highest BCUT2D eigenvalue weighted by Gasteiger charge is 2.18. The predicted octanol–water partition coefficient (Wildman–Crippen LogP) is 2.32.